The predicted octanol–water partition coefficient (Wildman–Crippen LogP) is 2.67. The number of nitrogens with zero attached hydrogens (tertiary/aromatic N) is 1. The topological polar surface area (TPSA) is 102 Å². The zero-order valence-electron chi connectivity index (χ0n) is 16.3. The fraction of sp³-hybridized carbons (Fsp3) is 0.556. The number of halogens is 1. The van der Waals surface area contributed by atoms with Crippen molar-refractivity contribution < 1.29 is 26.9 Å². The quantitative estimate of drug-likeness (QED) is 0.655. The van der Waals surface area contributed by atoms with Crippen LogP contribution >= 0.6 is 15.9 Å². The first kappa shape index (κ1) is 22.6. The van der Waals surface area contributed by atoms with E-state index >= 15 is 0 Å². The Morgan fingerprint density at radius 3 is 2.43 bits per heavy atom. The van der Waals surface area contributed by atoms with Crippen molar-refractivity contribution in [1.82, 2.24) is 10.2 Å². The minimum absolute atomic E-state index is 0.0553. The first-order valence-electron chi connectivity index (χ1n) is 8.82. The molecule has 2 rings (SSSR count). The Morgan fingerprint density at radius 2 is 1.86 bits per heavy atom. The number of likely N-dealkylation sites (tertiary alicyclic amines) is 1. The van der Waals surface area contributed by atoms with Gasteiger partial charge in [-0.3, -0.25) is 8.98 Å². The van der Waals surface area contributed by atoms with Gasteiger partial charge in [0.1, 0.15) is 12.1 Å². The van der Waals surface area contributed by atoms with Crippen LogP contribution in [0.15, 0.2) is 33.6 Å². The van der Waals surface area contributed by atoms with Crippen molar-refractivity contribution in [2.24, 2.45) is 0 Å². The van der Waals surface area contributed by atoms with Crippen molar-refractivity contribution in [2.45, 2.75) is 56.8 Å². The maximum Gasteiger partial charge on any atom is 0.408 e. The van der Waals surface area contributed by atoms with Gasteiger partial charge in [-0.25, -0.2) is 4.79 Å². The first-order valence-corrected chi connectivity index (χ1v) is 11.0. The molecule has 1 N–H and O–H groups in total. The van der Waals surface area contributed by atoms with Crippen molar-refractivity contribution in [1.29, 1.82) is 0 Å². The van der Waals surface area contributed by atoms with E-state index in [0.29, 0.717) is 6.42 Å². The Labute approximate surface area is 173 Å². The molecule has 10 heteroatoms. The molecule has 1 fully saturated rings. The molecule has 0 saturated carbocycles. The number of hydrogen-bond acceptors (Lipinski definition) is 6. The van der Waals surface area contributed by atoms with Gasteiger partial charge < -0.3 is 15.0 Å². The van der Waals surface area contributed by atoms with Crippen molar-refractivity contribution in [2.75, 3.05) is 13.1 Å². The SMILES string of the molecule is CC1CC(OS(=O)(=O)c2ccc(Br)cc2)CN1C(=O)CNC(=O)OC(C)(C)C. The summed E-state index contributed by atoms with van der Waals surface area (Å²) in [5, 5.41) is 2.41. The molecule has 2 amide bonds. The zero-order chi connectivity index (χ0) is 21.1. The highest BCUT2D eigenvalue weighted by Crippen LogP contribution is 2.25. The van der Waals surface area contributed by atoms with E-state index in [4.69, 9.17) is 8.92 Å². The van der Waals surface area contributed by atoms with E-state index in [1.165, 1.54) is 17.0 Å². The Bertz CT molecular complexity index is 819. The molecule has 2 atom stereocenters. The highest BCUT2D eigenvalue weighted by Gasteiger charge is 2.36. The minimum Gasteiger partial charge on any atom is -0.444 e. The van der Waals surface area contributed by atoms with Crippen LogP contribution in [0.5, 0.6) is 0 Å². The summed E-state index contributed by atoms with van der Waals surface area (Å²) in [7, 11) is -3.93. The lowest BCUT2D eigenvalue weighted by atomic mass is 10.2. The Hall–Kier alpha value is -1.65. The molecule has 28 heavy (non-hydrogen) atoms. The monoisotopic (exact) mass is 476 g/mol. The second-order valence-corrected chi connectivity index (χ2v) is 10.1. The van der Waals surface area contributed by atoms with E-state index in [1.54, 1.807) is 39.8 Å². The summed E-state index contributed by atoms with van der Waals surface area (Å²) in [6.07, 6.45) is -0.944. The number of benzene rings is 1. The van der Waals surface area contributed by atoms with E-state index in [2.05, 4.69) is 21.2 Å². The summed E-state index contributed by atoms with van der Waals surface area (Å²) in [5.74, 6) is -0.328. The molecule has 0 bridgehead atoms. The lowest BCUT2D eigenvalue weighted by Gasteiger charge is -2.23. The number of carbonyl (C=O) groups excluding carboxylic acids is 2. The fourth-order valence-corrected chi connectivity index (χ4v) is 4.14. The van der Waals surface area contributed by atoms with E-state index < -0.39 is 27.9 Å². The lowest BCUT2D eigenvalue weighted by Crippen LogP contribution is -2.43. The van der Waals surface area contributed by atoms with Crippen LogP contribution in [0.4, 0.5) is 4.79 Å². The summed E-state index contributed by atoms with van der Waals surface area (Å²) < 4.78 is 36.0. The van der Waals surface area contributed by atoms with Crippen LogP contribution in [0.25, 0.3) is 0 Å². The van der Waals surface area contributed by atoms with E-state index in [9.17, 15) is 18.0 Å². The number of alkyl carbamates (subject to hydrolysis) is 1. The van der Waals surface area contributed by atoms with Crippen LogP contribution in [0.2, 0.25) is 0 Å². The molecule has 0 aliphatic carbocycles. The van der Waals surface area contributed by atoms with Crippen molar-refractivity contribution in [3.05, 3.63) is 28.7 Å². The average molecular weight is 477 g/mol. The third-order valence-electron chi connectivity index (χ3n) is 4.00. The Balaban J connectivity index is 1.92. The third kappa shape index (κ3) is 6.46. The normalized spacial score (nSPS) is 20.1. The minimum atomic E-state index is -3.93. The van der Waals surface area contributed by atoms with Gasteiger partial charge in [0.15, 0.2) is 0 Å². The number of nitrogens with one attached hydrogen (secondary N) is 1. The number of rotatable bonds is 5. The zero-order valence-corrected chi connectivity index (χ0v) is 18.7. The van der Waals surface area contributed by atoms with E-state index in [1.807, 2.05) is 0 Å². The van der Waals surface area contributed by atoms with Gasteiger partial charge in [0, 0.05) is 17.1 Å². The lowest BCUT2D eigenvalue weighted by molar-refractivity contribution is -0.131. The maximum atomic E-state index is 12.4. The third-order valence-corrected chi connectivity index (χ3v) is 5.91. The van der Waals surface area contributed by atoms with Gasteiger partial charge in [-0.15, -0.1) is 0 Å². The summed E-state index contributed by atoms with van der Waals surface area (Å²) in [6, 6.07) is 5.92. The van der Waals surface area contributed by atoms with Gasteiger partial charge in [0.2, 0.25) is 5.91 Å². The molecular formula is C18H25BrN2O6S. The molecule has 1 heterocycles. The summed E-state index contributed by atoms with van der Waals surface area (Å²) >= 11 is 3.25. The number of amides is 2. The Morgan fingerprint density at radius 1 is 1.25 bits per heavy atom. The molecule has 8 nitrogen and oxygen atoms in total. The molecule has 156 valence electrons. The average Bonchev–Trinajstić information content (AvgIpc) is 2.91. The van der Waals surface area contributed by atoms with Crippen molar-refractivity contribution >= 4 is 38.0 Å². The van der Waals surface area contributed by atoms with Gasteiger partial charge in [0.25, 0.3) is 10.1 Å². The van der Waals surface area contributed by atoms with Gasteiger partial charge >= 0.3 is 6.09 Å². The van der Waals surface area contributed by atoms with Crippen molar-refractivity contribution in [3.63, 3.8) is 0 Å². The number of ether oxygens (including phenoxy) is 1. The second kappa shape index (κ2) is 8.79. The molecule has 1 aromatic carbocycles. The smallest absolute Gasteiger partial charge is 0.408 e. The number of carbonyl (C=O) groups is 2. The molecule has 0 aromatic heterocycles. The molecule has 1 aliphatic rings. The molecule has 2 unspecified atom stereocenters. The molecule has 1 aromatic rings. The van der Waals surface area contributed by atoms with Gasteiger partial charge in [-0.1, -0.05) is 15.9 Å². The highest BCUT2D eigenvalue weighted by molar-refractivity contribution is 9.10. The fourth-order valence-electron chi connectivity index (χ4n) is 2.80. The maximum absolute atomic E-state index is 12.4. The van der Waals surface area contributed by atoms with Gasteiger partial charge in [-0.2, -0.15) is 8.42 Å². The molecule has 0 spiro atoms. The predicted molar refractivity (Wildman–Crippen MR) is 106 cm³/mol. The highest BCUT2D eigenvalue weighted by atomic mass is 79.9. The van der Waals surface area contributed by atoms with Crippen molar-refractivity contribution in [3.8, 4) is 0 Å². The number of hydrogen-bond donors (Lipinski definition) is 1. The summed E-state index contributed by atoms with van der Waals surface area (Å²) in [4.78, 5) is 25.6. The Kier molecular flexibility index (Phi) is 7.11. The van der Waals surface area contributed by atoms with E-state index in [0.717, 1.165) is 4.47 Å². The van der Waals surface area contributed by atoms with Gasteiger partial charge in [-0.05, 0) is 58.4 Å². The van der Waals surface area contributed by atoms with Crippen LogP contribution in [0.1, 0.15) is 34.1 Å². The largest absolute Gasteiger partial charge is 0.444 e. The van der Waals surface area contributed by atoms with Crippen LogP contribution in [0, 0.1) is 0 Å². The first-order chi connectivity index (χ1) is 12.9. The molecular weight excluding hydrogens is 452 g/mol. The van der Waals surface area contributed by atoms with Crippen LogP contribution in [0.3, 0.4) is 0 Å². The van der Waals surface area contributed by atoms with E-state index in [-0.39, 0.29) is 29.9 Å². The van der Waals surface area contributed by atoms with Gasteiger partial charge in [0.05, 0.1) is 11.0 Å². The van der Waals surface area contributed by atoms with Crippen LogP contribution in [-0.4, -0.2) is 56.2 Å². The summed E-state index contributed by atoms with van der Waals surface area (Å²) in [5.41, 5.74) is -0.658. The van der Waals surface area contributed by atoms with Crippen LogP contribution in [-0.2, 0) is 23.8 Å². The molecule has 1 aliphatic heterocycles. The standard InChI is InChI=1S/C18H25BrN2O6S/c1-12-9-14(27-28(24,25)15-7-5-13(19)6-8-15)11-21(12)16(22)10-20-17(23)26-18(2,3)4/h5-8,12,14H,9-11H2,1-4H3,(H,20,23). The molecule has 0 radical (unpaired) electrons. The molecule has 1 saturated heterocycles. The van der Waals surface area contributed by atoms with Crippen LogP contribution < -0.4 is 5.32 Å². The summed E-state index contributed by atoms with van der Waals surface area (Å²) in [6.45, 7) is 6.89. The second-order valence-electron chi connectivity index (χ2n) is 7.61.